The van der Waals surface area contributed by atoms with Crippen LogP contribution in [0.3, 0.4) is 0 Å². The lowest BCUT2D eigenvalue weighted by atomic mass is 9.93. The van der Waals surface area contributed by atoms with Crippen LogP contribution in [-0.4, -0.2) is 32.1 Å². The maximum Gasteiger partial charge on any atom is 0.144 e. The number of hydrogen-bond donors (Lipinski definition) is 1. The average Bonchev–Trinajstić information content (AvgIpc) is 2.87. The first-order chi connectivity index (χ1) is 9.04. The lowest BCUT2D eigenvalue weighted by molar-refractivity contribution is -0.122. The normalized spacial score (nSPS) is 22.7. The van der Waals surface area contributed by atoms with Crippen molar-refractivity contribution in [2.75, 3.05) is 20.3 Å². The summed E-state index contributed by atoms with van der Waals surface area (Å²) in [5.74, 6) is -1.99. The molecule has 19 heavy (non-hydrogen) atoms. The molecule has 0 saturated carbocycles. The second kappa shape index (κ2) is 6.07. The van der Waals surface area contributed by atoms with Crippen molar-refractivity contribution in [2.45, 2.75) is 12.5 Å². The first kappa shape index (κ1) is 14.6. The molecule has 0 amide bonds. The average molecular weight is 334 g/mol. The molecule has 0 radical (unpaired) electrons. The first-order valence-corrected chi connectivity index (χ1v) is 6.74. The van der Waals surface area contributed by atoms with Crippen molar-refractivity contribution >= 4 is 21.7 Å². The highest BCUT2D eigenvalue weighted by atomic mass is 79.9. The van der Waals surface area contributed by atoms with Crippen LogP contribution in [0.2, 0.25) is 0 Å². The Morgan fingerprint density at radius 3 is 2.89 bits per heavy atom. The number of ether oxygens (including phenoxy) is 1. The topological polar surface area (TPSA) is 38.3 Å². The Balaban J connectivity index is 2.17. The molecule has 1 heterocycles. The van der Waals surface area contributed by atoms with Gasteiger partial charge >= 0.3 is 0 Å². The van der Waals surface area contributed by atoms with Gasteiger partial charge in [-0.25, -0.2) is 8.78 Å². The third kappa shape index (κ3) is 3.01. The van der Waals surface area contributed by atoms with Crippen molar-refractivity contribution in [3.05, 3.63) is 33.8 Å². The number of benzene rings is 1. The van der Waals surface area contributed by atoms with Crippen molar-refractivity contribution in [1.29, 1.82) is 0 Å². The number of likely N-dealkylation sites (N-methyl/N-ethyl adjacent to an activating group) is 1. The molecule has 6 heteroatoms. The Morgan fingerprint density at radius 1 is 1.47 bits per heavy atom. The minimum Gasteiger partial charge on any atom is -0.379 e. The van der Waals surface area contributed by atoms with E-state index in [1.807, 2.05) is 0 Å². The maximum absolute atomic E-state index is 13.8. The van der Waals surface area contributed by atoms with E-state index >= 15 is 0 Å². The zero-order valence-electron chi connectivity index (χ0n) is 10.4. The molecule has 1 aromatic rings. The zero-order chi connectivity index (χ0) is 14.0. The number of carbonyl (C=O) groups is 1. The van der Waals surface area contributed by atoms with E-state index in [-0.39, 0.29) is 34.2 Å². The van der Waals surface area contributed by atoms with Crippen LogP contribution in [0, 0.1) is 17.6 Å². The summed E-state index contributed by atoms with van der Waals surface area (Å²) in [6, 6.07) is 2.34. The van der Waals surface area contributed by atoms with Crippen molar-refractivity contribution in [3.8, 4) is 0 Å². The van der Waals surface area contributed by atoms with Crippen LogP contribution in [0.15, 0.2) is 16.6 Å². The first-order valence-electron chi connectivity index (χ1n) is 5.94. The molecule has 0 aromatic heterocycles. The molecular formula is C13H14BrF2NO2. The molecule has 0 aliphatic carbocycles. The SMILES string of the molecule is CNC1COCC1C(=O)Cc1c(F)ccc(Br)c1F. The van der Waals surface area contributed by atoms with Crippen molar-refractivity contribution in [1.82, 2.24) is 5.32 Å². The predicted molar refractivity (Wildman–Crippen MR) is 69.9 cm³/mol. The smallest absolute Gasteiger partial charge is 0.144 e. The van der Waals surface area contributed by atoms with Gasteiger partial charge in [0.2, 0.25) is 0 Å². The molecule has 0 spiro atoms. The van der Waals surface area contributed by atoms with Gasteiger partial charge in [-0.3, -0.25) is 4.79 Å². The third-order valence-corrected chi connectivity index (χ3v) is 3.97. The fourth-order valence-corrected chi connectivity index (χ4v) is 2.56. The number of halogens is 3. The molecule has 2 unspecified atom stereocenters. The van der Waals surface area contributed by atoms with E-state index in [2.05, 4.69) is 21.2 Å². The summed E-state index contributed by atoms with van der Waals surface area (Å²) >= 11 is 2.99. The van der Waals surface area contributed by atoms with Gasteiger partial charge in [-0.1, -0.05) is 0 Å². The van der Waals surface area contributed by atoms with Gasteiger partial charge in [0, 0.05) is 18.0 Å². The maximum atomic E-state index is 13.8. The highest BCUT2D eigenvalue weighted by Crippen LogP contribution is 2.24. The van der Waals surface area contributed by atoms with Crippen molar-refractivity contribution < 1.29 is 18.3 Å². The van der Waals surface area contributed by atoms with E-state index in [0.717, 1.165) is 6.07 Å². The summed E-state index contributed by atoms with van der Waals surface area (Å²) in [5.41, 5.74) is -0.193. The largest absolute Gasteiger partial charge is 0.379 e. The number of nitrogens with one attached hydrogen (secondary N) is 1. The van der Waals surface area contributed by atoms with Gasteiger partial charge in [0.25, 0.3) is 0 Å². The lowest BCUT2D eigenvalue weighted by Crippen LogP contribution is -2.37. The molecule has 1 fully saturated rings. The quantitative estimate of drug-likeness (QED) is 0.857. The highest BCUT2D eigenvalue weighted by molar-refractivity contribution is 9.10. The molecule has 104 valence electrons. The minimum absolute atomic E-state index is 0.0919. The number of rotatable bonds is 4. The van der Waals surface area contributed by atoms with Gasteiger partial charge in [0.15, 0.2) is 0 Å². The summed E-state index contributed by atoms with van der Waals surface area (Å²) in [4.78, 5) is 12.1. The summed E-state index contributed by atoms with van der Waals surface area (Å²) in [7, 11) is 1.74. The van der Waals surface area contributed by atoms with Crippen LogP contribution in [-0.2, 0) is 16.0 Å². The molecule has 1 aliphatic rings. The van der Waals surface area contributed by atoms with E-state index in [4.69, 9.17) is 4.74 Å². The molecule has 2 rings (SSSR count). The van der Waals surface area contributed by atoms with Crippen LogP contribution in [0.4, 0.5) is 8.78 Å². The fourth-order valence-electron chi connectivity index (χ4n) is 2.19. The van der Waals surface area contributed by atoms with Crippen LogP contribution in [0.1, 0.15) is 5.56 Å². The van der Waals surface area contributed by atoms with E-state index in [1.54, 1.807) is 7.05 Å². The molecule has 1 aromatic carbocycles. The summed E-state index contributed by atoms with van der Waals surface area (Å²) < 4.78 is 32.8. The van der Waals surface area contributed by atoms with Crippen molar-refractivity contribution in [3.63, 3.8) is 0 Å². The zero-order valence-corrected chi connectivity index (χ0v) is 12.0. The third-order valence-electron chi connectivity index (χ3n) is 3.35. The van der Waals surface area contributed by atoms with E-state index in [9.17, 15) is 13.6 Å². The highest BCUT2D eigenvalue weighted by Gasteiger charge is 2.33. The summed E-state index contributed by atoms with van der Waals surface area (Å²) in [5, 5.41) is 2.98. The van der Waals surface area contributed by atoms with Crippen LogP contribution in [0.25, 0.3) is 0 Å². The van der Waals surface area contributed by atoms with Gasteiger partial charge in [0.1, 0.15) is 17.4 Å². The molecule has 0 bridgehead atoms. The van der Waals surface area contributed by atoms with E-state index in [0.29, 0.717) is 13.2 Å². The molecule has 2 atom stereocenters. The summed E-state index contributed by atoms with van der Waals surface area (Å²) in [6.07, 6.45) is -0.261. The van der Waals surface area contributed by atoms with Gasteiger partial charge < -0.3 is 10.1 Å². The standard InChI is InChI=1S/C13H14BrF2NO2/c1-17-11-6-19-5-8(11)12(18)4-7-10(15)3-2-9(14)13(7)16/h2-3,8,11,17H,4-6H2,1H3. The molecule has 1 saturated heterocycles. The Hall–Kier alpha value is -0.850. The number of ketones is 1. The van der Waals surface area contributed by atoms with E-state index in [1.165, 1.54) is 6.07 Å². The number of Topliss-reactive ketones (excluding diaryl/α,β-unsaturated/α-hetero) is 1. The number of carbonyl (C=O) groups excluding carboxylic acids is 1. The van der Waals surface area contributed by atoms with Crippen LogP contribution >= 0.6 is 15.9 Å². The second-order valence-corrected chi connectivity index (χ2v) is 5.36. The fraction of sp³-hybridized carbons (Fsp3) is 0.462. The summed E-state index contributed by atoms with van der Waals surface area (Å²) in [6.45, 7) is 0.734. The molecule has 1 aliphatic heterocycles. The Bertz CT molecular complexity index is 496. The van der Waals surface area contributed by atoms with Gasteiger partial charge in [-0.15, -0.1) is 0 Å². The van der Waals surface area contributed by atoms with Gasteiger partial charge in [-0.05, 0) is 35.1 Å². The Morgan fingerprint density at radius 2 is 2.21 bits per heavy atom. The number of hydrogen-bond acceptors (Lipinski definition) is 3. The van der Waals surface area contributed by atoms with E-state index < -0.39 is 11.6 Å². The minimum atomic E-state index is -0.715. The van der Waals surface area contributed by atoms with Crippen LogP contribution in [0.5, 0.6) is 0 Å². The molecular weight excluding hydrogens is 320 g/mol. The monoisotopic (exact) mass is 333 g/mol. The Labute approximate surface area is 118 Å². The van der Waals surface area contributed by atoms with Crippen LogP contribution < -0.4 is 5.32 Å². The van der Waals surface area contributed by atoms with Crippen molar-refractivity contribution in [2.24, 2.45) is 5.92 Å². The lowest BCUT2D eigenvalue weighted by Gasteiger charge is -2.16. The molecule has 3 nitrogen and oxygen atoms in total. The molecule has 1 N–H and O–H groups in total. The second-order valence-electron chi connectivity index (χ2n) is 4.50. The van der Waals surface area contributed by atoms with Gasteiger partial charge in [-0.2, -0.15) is 0 Å². The van der Waals surface area contributed by atoms with Gasteiger partial charge in [0.05, 0.1) is 23.6 Å². The predicted octanol–water partition coefficient (Wildman–Crippen LogP) is 2.07. The Kier molecular flexibility index (Phi) is 4.65.